The van der Waals surface area contributed by atoms with E-state index in [2.05, 4.69) is 0 Å². The van der Waals surface area contributed by atoms with E-state index in [4.69, 9.17) is 18.9 Å². The molecular formula is C38H30O6S. The normalized spacial score (nSPS) is 11.1. The van der Waals surface area contributed by atoms with Gasteiger partial charge < -0.3 is 18.9 Å². The summed E-state index contributed by atoms with van der Waals surface area (Å²) in [5, 5.41) is 0. The summed E-state index contributed by atoms with van der Waals surface area (Å²) in [5.74, 6) is 3.97. The fraction of sp³-hybridized carbons (Fsp3) is 0.0526. The molecule has 6 rings (SSSR count). The highest BCUT2D eigenvalue weighted by atomic mass is 32.2. The Morgan fingerprint density at radius 1 is 0.333 bits per heavy atom. The van der Waals surface area contributed by atoms with E-state index >= 15 is 0 Å². The van der Waals surface area contributed by atoms with Crippen LogP contribution in [0.4, 0.5) is 0 Å². The third-order valence-corrected chi connectivity index (χ3v) is 9.08. The van der Waals surface area contributed by atoms with Gasteiger partial charge in [-0.3, -0.25) is 0 Å². The molecule has 7 heteroatoms. The first-order valence-electron chi connectivity index (χ1n) is 14.2. The predicted octanol–water partition coefficient (Wildman–Crippen LogP) is 9.46. The number of ether oxygens (including phenoxy) is 4. The van der Waals surface area contributed by atoms with Gasteiger partial charge >= 0.3 is 0 Å². The van der Waals surface area contributed by atoms with Crippen LogP contribution in [0, 0.1) is 0 Å². The van der Waals surface area contributed by atoms with Crippen molar-refractivity contribution in [2.75, 3.05) is 14.2 Å². The zero-order chi connectivity index (χ0) is 31.2. The molecule has 0 radical (unpaired) electrons. The minimum Gasteiger partial charge on any atom is -0.497 e. The quantitative estimate of drug-likeness (QED) is 0.153. The average molecular weight is 615 g/mol. The van der Waals surface area contributed by atoms with Gasteiger partial charge in [0.25, 0.3) is 0 Å². The molecule has 0 N–H and O–H groups in total. The Morgan fingerprint density at radius 2 is 0.556 bits per heavy atom. The topological polar surface area (TPSA) is 71.1 Å². The lowest BCUT2D eigenvalue weighted by atomic mass is 10.1. The number of hydrogen-bond acceptors (Lipinski definition) is 6. The van der Waals surface area contributed by atoms with Gasteiger partial charge in [0.15, 0.2) is 0 Å². The van der Waals surface area contributed by atoms with Crippen molar-refractivity contribution in [3.63, 3.8) is 0 Å². The summed E-state index contributed by atoms with van der Waals surface area (Å²) in [6.07, 6.45) is 0. The second kappa shape index (κ2) is 13.0. The first-order valence-corrected chi connectivity index (χ1v) is 15.7. The highest BCUT2D eigenvalue weighted by Gasteiger charge is 2.18. The fourth-order valence-corrected chi connectivity index (χ4v) is 6.04. The van der Waals surface area contributed by atoms with E-state index in [0.29, 0.717) is 23.0 Å². The Hall–Kier alpha value is -5.53. The Labute approximate surface area is 263 Å². The lowest BCUT2D eigenvalue weighted by molar-refractivity contribution is 0.415. The molecule has 0 spiro atoms. The van der Waals surface area contributed by atoms with Crippen LogP contribution in [0.15, 0.2) is 155 Å². The summed E-state index contributed by atoms with van der Waals surface area (Å²) in [4.78, 5) is 0.347. The average Bonchev–Trinajstić information content (AvgIpc) is 3.09. The van der Waals surface area contributed by atoms with Crippen LogP contribution in [-0.2, 0) is 9.84 Å². The van der Waals surface area contributed by atoms with Gasteiger partial charge in [0, 0.05) is 0 Å². The van der Waals surface area contributed by atoms with Crippen LogP contribution < -0.4 is 18.9 Å². The van der Waals surface area contributed by atoms with Crippen LogP contribution >= 0.6 is 0 Å². The second-order valence-electron chi connectivity index (χ2n) is 10.2. The molecule has 0 saturated carbocycles. The fourth-order valence-electron chi connectivity index (χ4n) is 4.78. The van der Waals surface area contributed by atoms with Gasteiger partial charge in [-0.1, -0.05) is 48.5 Å². The Morgan fingerprint density at radius 3 is 0.800 bits per heavy atom. The summed E-state index contributed by atoms with van der Waals surface area (Å²) >= 11 is 0. The van der Waals surface area contributed by atoms with Gasteiger partial charge in [-0.2, -0.15) is 0 Å². The summed E-state index contributed by atoms with van der Waals surface area (Å²) in [6, 6.07) is 43.9. The van der Waals surface area contributed by atoms with Gasteiger partial charge in [-0.05, 0) is 119 Å². The number of methoxy groups -OCH3 is 2. The summed E-state index contributed by atoms with van der Waals surface area (Å²) in [5.41, 5.74) is 4.22. The monoisotopic (exact) mass is 614 g/mol. The van der Waals surface area contributed by atoms with Crippen LogP contribution in [0.2, 0.25) is 0 Å². The van der Waals surface area contributed by atoms with E-state index in [1.807, 2.05) is 97.1 Å². The molecule has 0 unspecified atom stereocenters. The molecule has 0 fully saturated rings. The van der Waals surface area contributed by atoms with Crippen LogP contribution in [0.1, 0.15) is 0 Å². The van der Waals surface area contributed by atoms with Gasteiger partial charge in [0.05, 0.1) is 24.0 Å². The number of benzene rings is 6. The minimum absolute atomic E-state index is 0.174. The summed E-state index contributed by atoms with van der Waals surface area (Å²) < 4.78 is 49.0. The van der Waals surface area contributed by atoms with E-state index in [1.165, 1.54) is 0 Å². The summed E-state index contributed by atoms with van der Waals surface area (Å²) in [6.45, 7) is 0. The maximum Gasteiger partial charge on any atom is 0.206 e. The van der Waals surface area contributed by atoms with Crippen LogP contribution in [0.3, 0.4) is 0 Å². The van der Waals surface area contributed by atoms with Crippen molar-refractivity contribution < 1.29 is 27.4 Å². The Balaban J connectivity index is 1.08. The smallest absolute Gasteiger partial charge is 0.206 e. The van der Waals surface area contributed by atoms with E-state index in [-0.39, 0.29) is 9.79 Å². The van der Waals surface area contributed by atoms with E-state index in [0.717, 1.165) is 33.8 Å². The van der Waals surface area contributed by atoms with Crippen molar-refractivity contribution >= 4 is 9.84 Å². The molecule has 6 aromatic carbocycles. The summed E-state index contributed by atoms with van der Waals surface area (Å²) in [7, 11) is -0.447. The van der Waals surface area contributed by atoms with Crippen molar-refractivity contribution in [2.24, 2.45) is 0 Å². The lowest BCUT2D eigenvalue weighted by Crippen LogP contribution is -2.01. The first kappa shape index (κ1) is 29.5. The molecule has 0 saturated heterocycles. The molecule has 6 nitrogen and oxygen atoms in total. The van der Waals surface area contributed by atoms with E-state index < -0.39 is 9.84 Å². The molecule has 0 aliphatic carbocycles. The largest absolute Gasteiger partial charge is 0.497 e. The Kier molecular flexibility index (Phi) is 8.53. The highest BCUT2D eigenvalue weighted by Crippen LogP contribution is 2.31. The minimum atomic E-state index is -3.73. The van der Waals surface area contributed by atoms with Gasteiger partial charge in [0.1, 0.15) is 34.5 Å². The maximum atomic E-state index is 13.3. The molecule has 0 atom stereocenters. The Bertz CT molecular complexity index is 1820. The maximum absolute atomic E-state index is 13.3. The molecular weight excluding hydrogens is 584 g/mol. The van der Waals surface area contributed by atoms with Gasteiger partial charge in [-0.25, -0.2) is 8.42 Å². The molecule has 45 heavy (non-hydrogen) atoms. The van der Waals surface area contributed by atoms with Crippen LogP contribution in [-0.4, -0.2) is 22.6 Å². The SMILES string of the molecule is COc1ccc(-c2ccc(Oc3ccc(S(=O)(=O)c4ccc(Oc5ccc(-c6ccc(OC)cc6)cc5)cc4)cc3)cc2)cc1. The molecule has 0 heterocycles. The number of rotatable bonds is 10. The second-order valence-corrected chi connectivity index (χ2v) is 12.1. The molecule has 6 aromatic rings. The molecule has 0 aliphatic rings. The van der Waals surface area contributed by atoms with Crippen molar-refractivity contribution in [1.82, 2.24) is 0 Å². The van der Waals surface area contributed by atoms with E-state index in [1.54, 1.807) is 62.8 Å². The van der Waals surface area contributed by atoms with Crippen molar-refractivity contribution in [2.45, 2.75) is 9.79 Å². The molecule has 0 amide bonds. The molecule has 0 aliphatic heterocycles. The highest BCUT2D eigenvalue weighted by molar-refractivity contribution is 7.91. The van der Waals surface area contributed by atoms with Crippen molar-refractivity contribution in [3.8, 4) is 56.8 Å². The van der Waals surface area contributed by atoms with Gasteiger partial charge in [0.2, 0.25) is 9.84 Å². The van der Waals surface area contributed by atoms with Gasteiger partial charge in [-0.15, -0.1) is 0 Å². The number of sulfone groups is 1. The van der Waals surface area contributed by atoms with Crippen LogP contribution in [0.25, 0.3) is 22.3 Å². The molecule has 0 aromatic heterocycles. The third-order valence-electron chi connectivity index (χ3n) is 7.29. The third kappa shape index (κ3) is 6.84. The first-order chi connectivity index (χ1) is 21.9. The zero-order valence-corrected chi connectivity index (χ0v) is 25.5. The van der Waals surface area contributed by atoms with Crippen molar-refractivity contribution in [1.29, 1.82) is 0 Å². The van der Waals surface area contributed by atoms with E-state index in [9.17, 15) is 8.42 Å². The lowest BCUT2D eigenvalue weighted by Gasteiger charge is -2.10. The van der Waals surface area contributed by atoms with Crippen molar-refractivity contribution in [3.05, 3.63) is 146 Å². The standard InChI is InChI=1S/C38H30O6S/c1-41-31-11-3-27(4-12-31)29-7-15-33(16-8-29)43-35-19-23-37(24-20-35)45(39,40)38-25-21-36(22-26-38)44-34-17-9-30(10-18-34)28-5-13-32(42-2)14-6-28/h3-26H,1-2H3. The predicted molar refractivity (Wildman–Crippen MR) is 175 cm³/mol. The number of hydrogen-bond donors (Lipinski definition) is 0. The van der Waals surface area contributed by atoms with Crippen LogP contribution in [0.5, 0.6) is 34.5 Å². The zero-order valence-electron chi connectivity index (χ0n) is 24.7. The molecule has 224 valence electrons. The molecule has 0 bridgehead atoms.